The number of hydrogen-bond acceptors (Lipinski definition) is 2. The van der Waals surface area contributed by atoms with Crippen LogP contribution in [0.15, 0.2) is 42.5 Å². The summed E-state index contributed by atoms with van der Waals surface area (Å²) in [5, 5.41) is 9.16. The number of rotatable bonds is 2. The van der Waals surface area contributed by atoms with E-state index in [0.29, 0.717) is 10.3 Å². The summed E-state index contributed by atoms with van der Waals surface area (Å²) in [7, 11) is 0. The van der Waals surface area contributed by atoms with Gasteiger partial charge in [0, 0.05) is 5.69 Å². The highest BCUT2D eigenvalue weighted by atomic mass is 32.1. The van der Waals surface area contributed by atoms with E-state index in [2.05, 4.69) is 42.2 Å². The van der Waals surface area contributed by atoms with Gasteiger partial charge >= 0.3 is 0 Å². The molecule has 0 radical (unpaired) electrons. The Bertz CT molecular complexity index is 863. The number of aryl methyl sites for hydroxylation is 1. The minimum absolute atomic E-state index is 0.604. The van der Waals surface area contributed by atoms with Crippen LogP contribution in [0.1, 0.15) is 18.1 Å². The summed E-state index contributed by atoms with van der Waals surface area (Å²) in [6.45, 7) is 2.13. The van der Waals surface area contributed by atoms with Crippen molar-refractivity contribution in [3.05, 3.63) is 58.4 Å². The monoisotopic (exact) mass is 279 g/mol. The summed E-state index contributed by atoms with van der Waals surface area (Å²) in [6, 6.07) is 16.1. The van der Waals surface area contributed by atoms with E-state index in [4.69, 9.17) is 17.5 Å². The summed E-state index contributed by atoms with van der Waals surface area (Å²) in [4.78, 5) is 3.13. The van der Waals surface area contributed by atoms with E-state index >= 15 is 0 Å². The van der Waals surface area contributed by atoms with Crippen LogP contribution >= 0.6 is 12.2 Å². The molecule has 0 saturated heterocycles. The Morgan fingerprint density at radius 1 is 1.20 bits per heavy atom. The van der Waals surface area contributed by atoms with Gasteiger partial charge in [0.25, 0.3) is 0 Å². The largest absolute Gasteiger partial charge is 0.329 e. The molecule has 0 atom stereocenters. The van der Waals surface area contributed by atoms with Crippen LogP contribution in [0.25, 0.3) is 16.7 Å². The van der Waals surface area contributed by atoms with Crippen molar-refractivity contribution >= 4 is 23.3 Å². The normalized spacial score (nSPS) is 10.6. The first kappa shape index (κ1) is 12.6. The van der Waals surface area contributed by atoms with Gasteiger partial charge in [0.15, 0.2) is 4.77 Å². The Kier molecular flexibility index (Phi) is 3.13. The molecule has 0 bridgehead atoms. The maximum absolute atomic E-state index is 9.16. The van der Waals surface area contributed by atoms with Crippen LogP contribution in [0.5, 0.6) is 0 Å². The van der Waals surface area contributed by atoms with Gasteiger partial charge in [-0.25, -0.2) is 0 Å². The third-order valence-electron chi connectivity index (χ3n) is 3.44. The van der Waals surface area contributed by atoms with Crippen molar-refractivity contribution in [2.24, 2.45) is 0 Å². The number of aromatic amines is 1. The van der Waals surface area contributed by atoms with Gasteiger partial charge in [0.1, 0.15) is 6.07 Å². The second kappa shape index (κ2) is 4.95. The lowest BCUT2D eigenvalue weighted by Crippen LogP contribution is -1.94. The average Bonchev–Trinajstić information content (AvgIpc) is 2.83. The van der Waals surface area contributed by atoms with Crippen LogP contribution in [0, 0.1) is 16.1 Å². The number of benzene rings is 2. The van der Waals surface area contributed by atoms with Crippen LogP contribution < -0.4 is 0 Å². The van der Waals surface area contributed by atoms with E-state index in [1.165, 1.54) is 5.56 Å². The first-order valence-corrected chi connectivity index (χ1v) is 6.88. The van der Waals surface area contributed by atoms with Crippen LogP contribution in [-0.2, 0) is 6.42 Å². The molecule has 4 heteroatoms. The molecular weight excluding hydrogens is 266 g/mol. The number of nitrogens with one attached hydrogen (secondary N) is 1. The fourth-order valence-electron chi connectivity index (χ4n) is 2.36. The first-order valence-electron chi connectivity index (χ1n) is 6.47. The molecule has 3 nitrogen and oxygen atoms in total. The van der Waals surface area contributed by atoms with E-state index in [0.717, 1.165) is 23.1 Å². The Morgan fingerprint density at radius 2 is 1.95 bits per heavy atom. The van der Waals surface area contributed by atoms with Gasteiger partial charge in [0.2, 0.25) is 0 Å². The highest BCUT2D eigenvalue weighted by Crippen LogP contribution is 2.22. The lowest BCUT2D eigenvalue weighted by Gasteiger charge is -2.05. The SMILES string of the molecule is CCc1ccc(-n2c(=S)[nH]c3c(C#N)cccc32)cc1. The van der Waals surface area contributed by atoms with E-state index in [1.54, 1.807) is 6.07 Å². The van der Waals surface area contributed by atoms with Crippen LogP contribution in [0.2, 0.25) is 0 Å². The van der Waals surface area contributed by atoms with Crippen molar-refractivity contribution in [1.29, 1.82) is 5.26 Å². The van der Waals surface area contributed by atoms with Crippen LogP contribution in [0.4, 0.5) is 0 Å². The molecule has 0 aliphatic carbocycles. The molecule has 0 fully saturated rings. The quantitative estimate of drug-likeness (QED) is 0.717. The lowest BCUT2D eigenvalue weighted by atomic mass is 10.1. The number of hydrogen-bond donors (Lipinski definition) is 1. The van der Waals surface area contributed by atoms with Gasteiger partial charge in [-0.3, -0.25) is 4.57 Å². The molecule has 1 heterocycles. The molecule has 98 valence electrons. The number of H-pyrrole nitrogens is 1. The minimum atomic E-state index is 0.604. The Balaban J connectivity index is 2.28. The first-order chi connectivity index (χ1) is 9.74. The topological polar surface area (TPSA) is 44.5 Å². The van der Waals surface area contributed by atoms with Gasteiger partial charge in [-0.15, -0.1) is 0 Å². The second-order valence-corrected chi connectivity index (χ2v) is 4.98. The number of fused-ring (bicyclic) bond motifs is 1. The molecule has 0 spiro atoms. The third kappa shape index (κ3) is 1.93. The number of nitriles is 1. The molecule has 20 heavy (non-hydrogen) atoms. The molecule has 2 aromatic carbocycles. The van der Waals surface area contributed by atoms with Gasteiger partial charge < -0.3 is 4.98 Å². The molecule has 0 aliphatic heterocycles. The zero-order chi connectivity index (χ0) is 14.1. The predicted molar refractivity (Wildman–Crippen MR) is 82.6 cm³/mol. The third-order valence-corrected chi connectivity index (χ3v) is 3.73. The van der Waals surface area contributed by atoms with Crippen molar-refractivity contribution in [2.45, 2.75) is 13.3 Å². The molecule has 0 saturated carbocycles. The van der Waals surface area contributed by atoms with E-state index in [9.17, 15) is 0 Å². The molecule has 1 N–H and O–H groups in total. The summed E-state index contributed by atoms with van der Waals surface area (Å²) in [6.07, 6.45) is 1.01. The maximum Gasteiger partial charge on any atom is 0.182 e. The molecule has 3 rings (SSSR count). The van der Waals surface area contributed by atoms with Crippen molar-refractivity contribution in [3.8, 4) is 11.8 Å². The number of aromatic nitrogens is 2. The number of nitrogens with zero attached hydrogens (tertiary/aromatic N) is 2. The minimum Gasteiger partial charge on any atom is -0.329 e. The van der Waals surface area contributed by atoms with Gasteiger partial charge in [-0.2, -0.15) is 5.26 Å². The highest BCUT2D eigenvalue weighted by Gasteiger charge is 2.09. The van der Waals surface area contributed by atoms with Gasteiger partial charge in [-0.05, 0) is 48.5 Å². The van der Waals surface area contributed by atoms with Crippen molar-refractivity contribution in [3.63, 3.8) is 0 Å². The molecule has 0 aliphatic rings. The van der Waals surface area contributed by atoms with Crippen LogP contribution in [-0.4, -0.2) is 9.55 Å². The fourth-order valence-corrected chi connectivity index (χ4v) is 2.67. The molecule has 1 aromatic heterocycles. The number of imidazole rings is 1. The van der Waals surface area contributed by atoms with Crippen molar-refractivity contribution < 1.29 is 0 Å². The Labute approximate surface area is 122 Å². The summed E-state index contributed by atoms with van der Waals surface area (Å²) in [5.41, 5.74) is 4.63. The van der Waals surface area contributed by atoms with E-state index < -0.39 is 0 Å². The molecule has 3 aromatic rings. The predicted octanol–water partition coefficient (Wildman–Crippen LogP) is 4.12. The van der Waals surface area contributed by atoms with E-state index in [1.807, 2.05) is 16.7 Å². The highest BCUT2D eigenvalue weighted by molar-refractivity contribution is 7.71. The molecule has 0 unspecified atom stereocenters. The maximum atomic E-state index is 9.16. The summed E-state index contributed by atoms with van der Waals surface area (Å²) < 4.78 is 2.57. The molecular formula is C16H13N3S. The summed E-state index contributed by atoms with van der Waals surface area (Å²) >= 11 is 5.40. The van der Waals surface area contributed by atoms with Crippen molar-refractivity contribution in [1.82, 2.24) is 9.55 Å². The zero-order valence-electron chi connectivity index (χ0n) is 11.1. The van der Waals surface area contributed by atoms with E-state index in [-0.39, 0.29) is 0 Å². The van der Waals surface area contributed by atoms with Crippen LogP contribution in [0.3, 0.4) is 0 Å². The smallest absolute Gasteiger partial charge is 0.182 e. The Morgan fingerprint density at radius 3 is 2.60 bits per heavy atom. The molecule has 0 amide bonds. The van der Waals surface area contributed by atoms with Gasteiger partial charge in [0.05, 0.1) is 16.6 Å². The number of para-hydroxylation sites is 1. The second-order valence-electron chi connectivity index (χ2n) is 4.60. The lowest BCUT2D eigenvalue weighted by molar-refractivity contribution is 1.05. The van der Waals surface area contributed by atoms with Gasteiger partial charge in [-0.1, -0.05) is 25.1 Å². The summed E-state index contributed by atoms with van der Waals surface area (Å²) in [5.74, 6) is 0. The average molecular weight is 279 g/mol. The standard InChI is InChI=1S/C16H13N3S/c1-2-11-6-8-13(9-7-11)19-14-5-3-4-12(10-17)15(14)18-16(19)20/h3-9H,2H2,1H3,(H,18,20). The van der Waals surface area contributed by atoms with Crippen molar-refractivity contribution in [2.75, 3.05) is 0 Å². The Hall–Kier alpha value is -2.38. The fraction of sp³-hybridized carbons (Fsp3) is 0.125. The zero-order valence-corrected chi connectivity index (χ0v) is 11.9.